The van der Waals surface area contributed by atoms with Gasteiger partial charge in [0.25, 0.3) is 0 Å². The molecule has 0 saturated carbocycles. The summed E-state index contributed by atoms with van der Waals surface area (Å²) < 4.78 is 11.9. The van der Waals surface area contributed by atoms with Gasteiger partial charge in [0.05, 0.1) is 41.1 Å². The first-order chi connectivity index (χ1) is 14.2. The van der Waals surface area contributed by atoms with Crippen LogP contribution in [0.25, 0.3) is 0 Å². The second-order valence-electron chi connectivity index (χ2n) is 7.04. The predicted octanol–water partition coefficient (Wildman–Crippen LogP) is 3.29. The van der Waals surface area contributed by atoms with Crippen LogP contribution in [0.5, 0.6) is 5.75 Å². The van der Waals surface area contributed by atoms with Gasteiger partial charge in [-0.15, -0.1) is 11.3 Å². The van der Waals surface area contributed by atoms with Crippen LogP contribution in [-0.4, -0.2) is 67.5 Å². The van der Waals surface area contributed by atoms with Gasteiger partial charge < -0.3 is 9.47 Å². The van der Waals surface area contributed by atoms with Gasteiger partial charge in [0.15, 0.2) is 0 Å². The molecule has 6 nitrogen and oxygen atoms in total. The number of hydrogen-bond acceptors (Lipinski definition) is 6. The van der Waals surface area contributed by atoms with E-state index >= 15 is 0 Å². The topological polar surface area (TPSA) is 54.4 Å². The third-order valence-corrected chi connectivity index (χ3v) is 6.29. The Morgan fingerprint density at radius 1 is 1.14 bits per heavy atom. The van der Waals surface area contributed by atoms with E-state index in [1.807, 2.05) is 36.4 Å². The van der Waals surface area contributed by atoms with Crippen molar-refractivity contribution in [3.63, 3.8) is 0 Å². The standard InChI is InChI=1S/C21H24ClN3O3S/c22-20-6-5-19(29-20)18-7-8-25(23-18)21(26)15-16-1-3-17(4-2-16)28-14-11-24-9-12-27-13-10-24/h1-6H,7-15H2. The third-order valence-electron chi connectivity index (χ3n) is 5.01. The highest BCUT2D eigenvalue weighted by atomic mass is 35.5. The maximum absolute atomic E-state index is 12.6. The SMILES string of the molecule is O=C(Cc1ccc(OCCN2CCOCC2)cc1)N1CCC(c2ccc(Cl)s2)=N1. The summed E-state index contributed by atoms with van der Waals surface area (Å²) in [7, 11) is 0. The summed E-state index contributed by atoms with van der Waals surface area (Å²) in [5, 5.41) is 6.05. The van der Waals surface area contributed by atoms with Crippen molar-refractivity contribution in [2.75, 3.05) is 46.0 Å². The molecule has 0 aliphatic carbocycles. The first kappa shape index (κ1) is 20.3. The average molecular weight is 434 g/mol. The van der Waals surface area contributed by atoms with Crippen molar-refractivity contribution in [2.45, 2.75) is 12.8 Å². The van der Waals surface area contributed by atoms with Crippen LogP contribution in [0.3, 0.4) is 0 Å². The van der Waals surface area contributed by atoms with E-state index in [2.05, 4.69) is 10.0 Å². The van der Waals surface area contributed by atoms with E-state index in [4.69, 9.17) is 21.1 Å². The van der Waals surface area contributed by atoms with Gasteiger partial charge in [0.2, 0.25) is 5.91 Å². The van der Waals surface area contributed by atoms with Crippen LogP contribution < -0.4 is 4.74 Å². The fraction of sp³-hybridized carbons (Fsp3) is 0.429. The number of amides is 1. The van der Waals surface area contributed by atoms with Crippen molar-refractivity contribution >= 4 is 34.6 Å². The molecule has 3 heterocycles. The Labute approximate surface area is 179 Å². The quantitative estimate of drug-likeness (QED) is 0.672. The third kappa shape index (κ3) is 5.57. The van der Waals surface area contributed by atoms with Crippen molar-refractivity contribution in [3.8, 4) is 5.75 Å². The van der Waals surface area contributed by atoms with Gasteiger partial charge in [-0.2, -0.15) is 5.10 Å². The molecule has 2 aromatic rings. The molecule has 0 unspecified atom stereocenters. The van der Waals surface area contributed by atoms with Crippen LogP contribution in [0.1, 0.15) is 16.9 Å². The minimum absolute atomic E-state index is 0.00337. The second kappa shape index (κ2) is 9.71. The number of morpholine rings is 1. The lowest BCUT2D eigenvalue weighted by Crippen LogP contribution is -2.38. The summed E-state index contributed by atoms with van der Waals surface area (Å²) in [6.45, 7) is 5.69. The van der Waals surface area contributed by atoms with Gasteiger partial charge in [0.1, 0.15) is 12.4 Å². The Balaban J connectivity index is 1.25. The average Bonchev–Trinajstić information content (AvgIpc) is 3.39. The summed E-state index contributed by atoms with van der Waals surface area (Å²) in [5.41, 5.74) is 1.89. The van der Waals surface area contributed by atoms with Crippen molar-refractivity contribution in [1.82, 2.24) is 9.91 Å². The number of carbonyl (C=O) groups excluding carboxylic acids is 1. The van der Waals surface area contributed by atoms with Crippen LogP contribution >= 0.6 is 22.9 Å². The first-order valence-corrected chi connectivity index (χ1v) is 11.0. The van der Waals surface area contributed by atoms with Crippen LogP contribution in [0.2, 0.25) is 4.34 Å². The largest absolute Gasteiger partial charge is 0.492 e. The highest BCUT2D eigenvalue weighted by molar-refractivity contribution is 7.18. The molecule has 1 saturated heterocycles. The highest BCUT2D eigenvalue weighted by Gasteiger charge is 2.22. The van der Waals surface area contributed by atoms with Crippen LogP contribution in [0, 0.1) is 0 Å². The number of rotatable bonds is 7. The molecule has 154 valence electrons. The van der Waals surface area contributed by atoms with E-state index in [0.29, 0.717) is 19.6 Å². The van der Waals surface area contributed by atoms with E-state index in [1.165, 1.54) is 11.3 Å². The molecule has 0 spiro atoms. The Hall–Kier alpha value is -1.93. The summed E-state index contributed by atoms with van der Waals surface area (Å²) >= 11 is 7.49. The van der Waals surface area contributed by atoms with E-state index in [0.717, 1.165) is 65.5 Å². The molecule has 0 radical (unpaired) electrons. The molecule has 0 bridgehead atoms. The molecule has 29 heavy (non-hydrogen) atoms. The number of benzene rings is 1. The predicted molar refractivity (Wildman–Crippen MR) is 115 cm³/mol. The number of carbonyl (C=O) groups is 1. The second-order valence-corrected chi connectivity index (χ2v) is 8.76. The Bertz CT molecular complexity index is 862. The van der Waals surface area contributed by atoms with Crippen molar-refractivity contribution in [2.24, 2.45) is 5.10 Å². The summed E-state index contributed by atoms with van der Waals surface area (Å²) in [5.74, 6) is 0.828. The zero-order valence-corrected chi connectivity index (χ0v) is 17.8. The molecule has 1 aromatic carbocycles. The van der Waals surface area contributed by atoms with Gasteiger partial charge in [-0.3, -0.25) is 9.69 Å². The lowest BCUT2D eigenvalue weighted by molar-refractivity contribution is -0.130. The van der Waals surface area contributed by atoms with Crippen molar-refractivity contribution in [3.05, 3.63) is 51.2 Å². The summed E-state index contributed by atoms with van der Waals surface area (Å²) in [6.07, 6.45) is 1.09. The highest BCUT2D eigenvalue weighted by Crippen LogP contribution is 2.25. The van der Waals surface area contributed by atoms with E-state index in [1.54, 1.807) is 5.01 Å². The molecule has 2 aliphatic rings. The molecule has 8 heteroatoms. The maximum atomic E-state index is 12.6. The minimum Gasteiger partial charge on any atom is -0.492 e. The molecular weight excluding hydrogens is 410 g/mol. The lowest BCUT2D eigenvalue weighted by atomic mass is 10.1. The van der Waals surface area contributed by atoms with E-state index < -0.39 is 0 Å². The minimum atomic E-state index is 0.00337. The molecule has 1 fully saturated rings. The van der Waals surface area contributed by atoms with Crippen molar-refractivity contribution in [1.29, 1.82) is 0 Å². The van der Waals surface area contributed by atoms with Gasteiger partial charge in [0, 0.05) is 26.1 Å². The first-order valence-electron chi connectivity index (χ1n) is 9.83. The summed E-state index contributed by atoms with van der Waals surface area (Å²) in [4.78, 5) is 15.9. The van der Waals surface area contributed by atoms with Crippen LogP contribution in [0.4, 0.5) is 0 Å². The number of nitrogens with zero attached hydrogens (tertiary/aromatic N) is 3. The molecule has 2 aliphatic heterocycles. The Kier molecular flexibility index (Phi) is 6.82. The number of thiophene rings is 1. The maximum Gasteiger partial charge on any atom is 0.247 e. The van der Waals surface area contributed by atoms with Crippen molar-refractivity contribution < 1.29 is 14.3 Å². The van der Waals surface area contributed by atoms with Gasteiger partial charge in [-0.05, 0) is 29.8 Å². The zero-order chi connectivity index (χ0) is 20.1. The number of ether oxygens (including phenoxy) is 2. The number of halogens is 1. The van der Waals surface area contributed by atoms with E-state index in [9.17, 15) is 4.79 Å². The molecule has 1 aromatic heterocycles. The molecule has 1 amide bonds. The smallest absolute Gasteiger partial charge is 0.247 e. The molecular formula is C21H24ClN3O3S. The number of hydrogen-bond donors (Lipinski definition) is 0. The van der Waals surface area contributed by atoms with Gasteiger partial charge in [-0.25, -0.2) is 5.01 Å². The fourth-order valence-electron chi connectivity index (χ4n) is 3.37. The van der Waals surface area contributed by atoms with Crippen LogP contribution in [0.15, 0.2) is 41.5 Å². The van der Waals surface area contributed by atoms with Gasteiger partial charge >= 0.3 is 0 Å². The lowest BCUT2D eigenvalue weighted by Gasteiger charge is -2.26. The Morgan fingerprint density at radius 2 is 1.93 bits per heavy atom. The molecule has 0 atom stereocenters. The van der Waals surface area contributed by atoms with E-state index in [-0.39, 0.29) is 5.91 Å². The summed E-state index contributed by atoms with van der Waals surface area (Å²) in [6, 6.07) is 11.6. The normalized spacial score (nSPS) is 17.4. The monoisotopic (exact) mass is 433 g/mol. The fourth-order valence-corrected chi connectivity index (χ4v) is 4.42. The molecule has 4 rings (SSSR count). The zero-order valence-electron chi connectivity index (χ0n) is 16.2. The molecule has 0 N–H and O–H groups in total. The van der Waals surface area contributed by atoms with Gasteiger partial charge in [-0.1, -0.05) is 23.7 Å². The Morgan fingerprint density at radius 3 is 2.66 bits per heavy atom. The van der Waals surface area contributed by atoms with Crippen LogP contribution in [-0.2, 0) is 16.0 Å². The number of hydrazone groups is 1.